The van der Waals surface area contributed by atoms with E-state index in [2.05, 4.69) is 0 Å². The SMILES string of the molecule is CCOc1cccc(/C(O)=C2\C(=O)C(=O)N(c3ccccc3C)C2c2ccccc2OC)c1. The molecule has 1 N–H and O–H groups in total. The van der Waals surface area contributed by atoms with Gasteiger partial charge in [0.2, 0.25) is 0 Å². The van der Waals surface area contributed by atoms with Crippen LogP contribution in [0.5, 0.6) is 11.5 Å². The molecule has 0 aliphatic carbocycles. The Hall–Kier alpha value is -4.06. The number of carbonyl (C=O) groups is 2. The molecule has 1 unspecified atom stereocenters. The first-order valence-corrected chi connectivity index (χ1v) is 10.7. The Morgan fingerprint density at radius 3 is 2.45 bits per heavy atom. The second-order valence-corrected chi connectivity index (χ2v) is 7.66. The van der Waals surface area contributed by atoms with Gasteiger partial charge in [0.15, 0.2) is 0 Å². The van der Waals surface area contributed by atoms with Crippen LogP contribution < -0.4 is 14.4 Å². The van der Waals surface area contributed by atoms with Crippen molar-refractivity contribution in [3.05, 3.63) is 95.1 Å². The zero-order chi connectivity index (χ0) is 23.5. The molecule has 1 aliphatic rings. The number of ketones is 1. The van der Waals surface area contributed by atoms with E-state index >= 15 is 0 Å². The van der Waals surface area contributed by atoms with E-state index < -0.39 is 17.7 Å². The van der Waals surface area contributed by atoms with Gasteiger partial charge in [-0.25, -0.2) is 0 Å². The number of methoxy groups -OCH3 is 1. The Balaban J connectivity index is 1.98. The van der Waals surface area contributed by atoms with Crippen LogP contribution in [-0.4, -0.2) is 30.5 Å². The van der Waals surface area contributed by atoms with Crippen LogP contribution in [0.2, 0.25) is 0 Å². The van der Waals surface area contributed by atoms with E-state index in [4.69, 9.17) is 9.47 Å². The number of hydrogen-bond donors (Lipinski definition) is 1. The minimum atomic E-state index is -0.863. The van der Waals surface area contributed by atoms with Gasteiger partial charge >= 0.3 is 0 Å². The number of aliphatic hydroxyl groups excluding tert-OH is 1. The molecule has 0 radical (unpaired) electrons. The Labute approximate surface area is 192 Å². The van der Waals surface area contributed by atoms with Crippen molar-refractivity contribution in [2.24, 2.45) is 0 Å². The van der Waals surface area contributed by atoms with Gasteiger partial charge in [0.25, 0.3) is 11.7 Å². The molecule has 33 heavy (non-hydrogen) atoms. The molecule has 0 spiro atoms. The molecule has 0 bridgehead atoms. The zero-order valence-corrected chi connectivity index (χ0v) is 18.7. The molecule has 1 fully saturated rings. The second kappa shape index (κ2) is 9.20. The standard InChI is InChI=1S/C27H25NO5/c1-4-33-19-12-9-11-18(16-19)25(29)23-24(20-13-6-8-15-22(20)32-3)28(27(31)26(23)30)21-14-7-5-10-17(21)2/h5-16,24,29H,4H2,1-3H3/b25-23+. The molecule has 6 nitrogen and oxygen atoms in total. The molecule has 1 atom stereocenters. The molecule has 3 aromatic carbocycles. The maximum atomic E-state index is 13.3. The van der Waals surface area contributed by atoms with Gasteiger partial charge in [-0.1, -0.05) is 48.5 Å². The van der Waals surface area contributed by atoms with Crippen LogP contribution in [0.3, 0.4) is 0 Å². The van der Waals surface area contributed by atoms with Crippen LogP contribution in [0.25, 0.3) is 5.76 Å². The summed E-state index contributed by atoms with van der Waals surface area (Å²) in [4.78, 5) is 28.1. The van der Waals surface area contributed by atoms with E-state index in [0.717, 1.165) is 5.56 Å². The third-order valence-corrected chi connectivity index (χ3v) is 5.67. The Morgan fingerprint density at radius 1 is 1.00 bits per heavy atom. The summed E-state index contributed by atoms with van der Waals surface area (Å²) in [6.07, 6.45) is 0. The second-order valence-electron chi connectivity index (χ2n) is 7.66. The summed E-state index contributed by atoms with van der Waals surface area (Å²) in [5.74, 6) is -0.654. The lowest BCUT2D eigenvalue weighted by molar-refractivity contribution is -0.132. The van der Waals surface area contributed by atoms with Crippen molar-refractivity contribution in [1.82, 2.24) is 0 Å². The van der Waals surface area contributed by atoms with Crippen molar-refractivity contribution in [1.29, 1.82) is 0 Å². The van der Waals surface area contributed by atoms with Gasteiger partial charge in [-0.15, -0.1) is 0 Å². The summed E-state index contributed by atoms with van der Waals surface area (Å²) in [6, 6.07) is 20.5. The summed E-state index contributed by atoms with van der Waals surface area (Å²) in [6.45, 7) is 4.20. The fourth-order valence-corrected chi connectivity index (χ4v) is 4.16. The van der Waals surface area contributed by atoms with Crippen LogP contribution in [0.15, 0.2) is 78.4 Å². The number of amides is 1. The molecule has 1 heterocycles. The topological polar surface area (TPSA) is 76.1 Å². The summed E-state index contributed by atoms with van der Waals surface area (Å²) >= 11 is 0. The smallest absolute Gasteiger partial charge is 0.300 e. The lowest BCUT2D eigenvalue weighted by Crippen LogP contribution is -2.30. The first-order chi connectivity index (χ1) is 16.0. The minimum absolute atomic E-state index is 0.00130. The molecule has 6 heteroatoms. The molecule has 168 valence electrons. The molecule has 1 saturated heterocycles. The van der Waals surface area contributed by atoms with Crippen LogP contribution in [0.1, 0.15) is 29.7 Å². The number of carbonyl (C=O) groups excluding carboxylic acids is 2. The molecule has 3 aromatic rings. The van der Waals surface area contributed by atoms with E-state index in [1.165, 1.54) is 12.0 Å². The van der Waals surface area contributed by atoms with Gasteiger partial charge in [0, 0.05) is 16.8 Å². The Morgan fingerprint density at radius 2 is 1.73 bits per heavy atom. The van der Waals surface area contributed by atoms with Crippen molar-refractivity contribution in [2.45, 2.75) is 19.9 Å². The minimum Gasteiger partial charge on any atom is -0.507 e. The highest BCUT2D eigenvalue weighted by Crippen LogP contribution is 2.45. The fraction of sp³-hybridized carbons (Fsp3) is 0.185. The predicted molar refractivity (Wildman–Crippen MR) is 127 cm³/mol. The molecular formula is C27H25NO5. The zero-order valence-electron chi connectivity index (χ0n) is 18.7. The Kier molecular flexibility index (Phi) is 6.18. The number of aryl methyl sites for hydroxylation is 1. The number of ether oxygens (including phenoxy) is 2. The van der Waals surface area contributed by atoms with Gasteiger partial charge in [0.05, 0.1) is 25.3 Å². The van der Waals surface area contributed by atoms with E-state index in [0.29, 0.717) is 34.9 Å². The molecular weight excluding hydrogens is 418 g/mol. The maximum absolute atomic E-state index is 13.3. The van der Waals surface area contributed by atoms with Crippen molar-refractivity contribution in [3.63, 3.8) is 0 Å². The average molecular weight is 443 g/mol. The van der Waals surface area contributed by atoms with Crippen LogP contribution in [0, 0.1) is 6.92 Å². The normalized spacial score (nSPS) is 17.3. The first kappa shape index (κ1) is 22.1. The van der Waals surface area contributed by atoms with E-state index in [9.17, 15) is 14.7 Å². The highest BCUT2D eigenvalue weighted by Gasteiger charge is 2.48. The lowest BCUT2D eigenvalue weighted by Gasteiger charge is -2.27. The third kappa shape index (κ3) is 3.96. The van der Waals surface area contributed by atoms with E-state index in [1.54, 1.807) is 42.5 Å². The highest BCUT2D eigenvalue weighted by molar-refractivity contribution is 6.51. The number of anilines is 1. The molecule has 4 rings (SSSR count). The average Bonchev–Trinajstić information content (AvgIpc) is 3.09. The van der Waals surface area contributed by atoms with Gasteiger partial charge in [-0.05, 0) is 43.7 Å². The number of benzene rings is 3. The van der Waals surface area contributed by atoms with Crippen LogP contribution in [0.4, 0.5) is 5.69 Å². The summed E-state index contributed by atoms with van der Waals surface area (Å²) in [5, 5.41) is 11.3. The number of aliphatic hydroxyl groups is 1. The first-order valence-electron chi connectivity index (χ1n) is 10.7. The molecule has 1 aliphatic heterocycles. The van der Waals surface area contributed by atoms with Crippen LogP contribution in [-0.2, 0) is 9.59 Å². The van der Waals surface area contributed by atoms with Gasteiger partial charge in [-0.2, -0.15) is 0 Å². The van der Waals surface area contributed by atoms with Crippen molar-refractivity contribution < 1.29 is 24.2 Å². The van der Waals surface area contributed by atoms with E-state index in [1.807, 2.05) is 44.2 Å². The van der Waals surface area contributed by atoms with Gasteiger partial charge in [-0.3, -0.25) is 14.5 Å². The van der Waals surface area contributed by atoms with Gasteiger partial charge in [0.1, 0.15) is 17.3 Å². The molecule has 0 saturated carbocycles. The fourth-order valence-electron chi connectivity index (χ4n) is 4.16. The number of hydrogen-bond acceptors (Lipinski definition) is 5. The summed E-state index contributed by atoms with van der Waals surface area (Å²) < 4.78 is 11.1. The number of nitrogens with zero attached hydrogens (tertiary/aromatic N) is 1. The number of para-hydroxylation sites is 2. The van der Waals surface area contributed by atoms with Crippen molar-refractivity contribution in [2.75, 3.05) is 18.6 Å². The van der Waals surface area contributed by atoms with E-state index in [-0.39, 0.29) is 11.3 Å². The molecule has 0 aromatic heterocycles. The van der Waals surface area contributed by atoms with Crippen molar-refractivity contribution in [3.8, 4) is 11.5 Å². The summed E-state index contributed by atoms with van der Waals surface area (Å²) in [5.41, 5.74) is 2.42. The highest BCUT2D eigenvalue weighted by atomic mass is 16.5. The summed E-state index contributed by atoms with van der Waals surface area (Å²) in [7, 11) is 1.53. The maximum Gasteiger partial charge on any atom is 0.300 e. The lowest BCUT2D eigenvalue weighted by atomic mass is 9.94. The number of Topliss-reactive ketones (excluding diaryl/α,β-unsaturated/α-hetero) is 1. The number of rotatable bonds is 6. The Bertz CT molecular complexity index is 1250. The third-order valence-electron chi connectivity index (χ3n) is 5.67. The van der Waals surface area contributed by atoms with Crippen LogP contribution >= 0.6 is 0 Å². The van der Waals surface area contributed by atoms with Gasteiger partial charge < -0.3 is 14.6 Å². The largest absolute Gasteiger partial charge is 0.507 e. The molecule has 1 amide bonds. The monoisotopic (exact) mass is 443 g/mol. The quantitative estimate of drug-likeness (QED) is 0.329. The van der Waals surface area contributed by atoms with Crippen molar-refractivity contribution >= 4 is 23.1 Å². The predicted octanol–water partition coefficient (Wildman–Crippen LogP) is 5.03.